The molecule has 5 nitrogen and oxygen atoms in total. The number of hydrogen-bond donors (Lipinski definition) is 3. The quantitative estimate of drug-likeness (QED) is 0.204. The maximum absolute atomic E-state index is 9.62. The van der Waals surface area contributed by atoms with E-state index in [0.29, 0.717) is 18.8 Å². The highest BCUT2D eigenvalue weighted by molar-refractivity contribution is 5.94. The minimum Gasteiger partial charge on any atom is -0.508 e. The fourth-order valence-electron chi connectivity index (χ4n) is 3.89. The van der Waals surface area contributed by atoms with Crippen LogP contribution in [0.5, 0.6) is 17.2 Å². The lowest BCUT2D eigenvalue weighted by Crippen LogP contribution is -2.18. The number of nitrogen functional groups attached to an aromatic ring is 1. The molecule has 0 heterocycles. The number of benzene rings is 4. The average Bonchev–Trinajstić information content (AvgIpc) is 2.87. The molecule has 178 valence electrons. The van der Waals surface area contributed by atoms with Crippen LogP contribution in [0.2, 0.25) is 0 Å². The Bertz CT molecular complexity index is 1300. The number of phenolic OH excluding ortho intramolecular Hbond substituents is 1. The van der Waals surface area contributed by atoms with Crippen LogP contribution in [-0.2, 0) is 18.6 Å². The summed E-state index contributed by atoms with van der Waals surface area (Å²) >= 11 is 0. The average molecular weight is 467 g/mol. The van der Waals surface area contributed by atoms with Crippen LogP contribution < -0.4 is 15.2 Å². The van der Waals surface area contributed by atoms with Crippen LogP contribution in [-0.4, -0.2) is 10.9 Å². The zero-order valence-corrected chi connectivity index (χ0v) is 20.0. The molecule has 0 amide bonds. The van der Waals surface area contributed by atoms with Crippen molar-refractivity contribution in [2.24, 2.45) is 5.73 Å². The highest BCUT2D eigenvalue weighted by atomic mass is 16.5. The van der Waals surface area contributed by atoms with Crippen LogP contribution in [0.25, 0.3) is 0 Å². The predicted molar refractivity (Wildman–Crippen MR) is 139 cm³/mol. The van der Waals surface area contributed by atoms with Crippen molar-refractivity contribution in [2.45, 2.75) is 32.5 Å². The van der Waals surface area contributed by atoms with Crippen molar-refractivity contribution in [2.75, 3.05) is 0 Å². The summed E-state index contributed by atoms with van der Waals surface area (Å²) in [5.74, 6) is 1.84. The molecule has 0 aromatic heterocycles. The highest BCUT2D eigenvalue weighted by Crippen LogP contribution is 2.34. The number of hydrogen-bond acceptors (Lipinski definition) is 4. The summed E-state index contributed by atoms with van der Waals surface area (Å²) in [7, 11) is 0. The molecule has 0 saturated heterocycles. The van der Waals surface area contributed by atoms with Gasteiger partial charge >= 0.3 is 0 Å². The molecule has 4 aromatic carbocycles. The van der Waals surface area contributed by atoms with Crippen molar-refractivity contribution in [1.29, 1.82) is 5.41 Å². The van der Waals surface area contributed by atoms with Crippen molar-refractivity contribution in [1.82, 2.24) is 0 Å². The summed E-state index contributed by atoms with van der Waals surface area (Å²) < 4.78 is 12.0. The van der Waals surface area contributed by atoms with Crippen LogP contribution in [0.15, 0.2) is 97.1 Å². The third-order valence-corrected chi connectivity index (χ3v) is 6.11. The van der Waals surface area contributed by atoms with Crippen molar-refractivity contribution in [3.8, 4) is 17.2 Å². The summed E-state index contributed by atoms with van der Waals surface area (Å²) in [5.41, 5.74) is 10.3. The molecule has 5 heteroatoms. The van der Waals surface area contributed by atoms with Crippen molar-refractivity contribution >= 4 is 5.84 Å². The summed E-state index contributed by atoms with van der Waals surface area (Å²) in [6.45, 7) is 5.21. The maximum Gasteiger partial charge on any atom is 0.122 e. The number of nitrogens with two attached hydrogens (primary N) is 1. The van der Waals surface area contributed by atoms with E-state index in [2.05, 4.69) is 32.0 Å². The summed E-state index contributed by atoms with van der Waals surface area (Å²) in [4.78, 5) is 0. The second kappa shape index (κ2) is 10.3. The zero-order valence-electron chi connectivity index (χ0n) is 20.0. The van der Waals surface area contributed by atoms with Crippen molar-refractivity contribution in [3.05, 3.63) is 125 Å². The Morgan fingerprint density at radius 1 is 0.743 bits per heavy atom. The van der Waals surface area contributed by atoms with E-state index in [1.54, 1.807) is 24.3 Å². The van der Waals surface area contributed by atoms with E-state index in [0.717, 1.165) is 33.8 Å². The lowest BCUT2D eigenvalue weighted by Gasteiger charge is -2.26. The lowest BCUT2D eigenvalue weighted by molar-refractivity contribution is 0.299. The van der Waals surface area contributed by atoms with E-state index in [1.807, 2.05) is 54.6 Å². The zero-order chi connectivity index (χ0) is 24.8. The molecule has 0 unspecified atom stereocenters. The number of amidine groups is 1. The second-order valence-electron chi connectivity index (χ2n) is 9.04. The topological polar surface area (TPSA) is 88.6 Å². The third-order valence-electron chi connectivity index (χ3n) is 6.11. The molecule has 0 saturated carbocycles. The molecule has 0 aliphatic heterocycles. The number of ether oxygens (including phenoxy) is 2. The molecule has 35 heavy (non-hydrogen) atoms. The Morgan fingerprint density at radius 3 is 1.97 bits per heavy atom. The van der Waals surface area contributed by atoms with Gasteiger partial charge in [0.2, 0.25) is 0 Å². The smallest absolute Gasteiger partial charge is 0.122 e. The third kappa shape index (κ3) is 6.01. The van der Waals surface area contributed by atoms with Gasteiger partial charge in [-0.25, -0.2) is 0 Å². The molecule has 0 radical (unpaired) electrons. The number of phenols is 1. The van der Waals surface area contributed by atoms with E-state index >= 15 is 0 Å². The van der Waals surface area contributed by atoms with E-state index in [4.69, 9.17) is 20.6 Å². The van der Waals surface area contributed by atoms with Gasteiger partial charge in [-0.1, -0.05) is 56.3 Å². The van der Waals surface area contributed by atoms with Gasteiger partial charge in [0.25, 0.3) is 0 Å². The Balaban J connectivity index is 1.39. The lowest BCUT2D eigenvalue weighted by atomic mass is 9.78. The first-order valence-electron chi connectivity index (χ1n) is 11.5. The first-order valence-corrected chi connectivity index (χ1v) is 11.5. The van der Waals surface area contributed by atoms with Crippen LogP contribution in [0, 0.1) is 5.41 Å². The number of aromatic hydroxyl groups is 1. The summed E-state index contributed by atoms with van der Waals surface area (Å²) in [5, 5.41) is 17.1. The minimum atomic E-state index is -0.229. The number of nitrogens with one attached hydrogen (secondary N) is 1. The normalized spacial score (nSPS) is 11.1. The standard InChI is InChI=1S/C30H30N2O3/c1-30(2,24-11-13-26(33)14-12-24)25-7-4-8-28(18-25)35-20-22-6-3-5-21(17-22)19-34-27-15-9-23(10-16-27)29(31)32/h3-18,33H,19-20H2,1-2H3,(H3,31,32). The van der Waals surface area contributed by atoms with Crippen LogP contribution in [0.1, 0.15) is 41.7 Å². The van der Waals surface area contributed by atoms with Gasteiger partial charge in [-0.2, -0.15) is 0 Å². The van der Waals surface area contributed by atoms with E-state index < -0.39 is 0 Å². The molecule has 0 fully saturated rings. The monoisotopic (exact) mass is 466 g/mol. The van der Waals surface area contributed by atoms with Gasteiger partial charge in [0.05, 0.1) is 0 Å². The molecule has 0 atom stereocenters. The second-order valence-corrected chi connectivity index (χ2v) is 9.04. The Kier molecular flexibility index (Phi) is 7.06. The van der Waals surface area contributed by atoms with E-state index in [-0.39, 0.29) is 17.0 Å². The highest BCUT2D eigenvalue weighted by Gasteiger charge is 2.23. The van der Waals surface area contributed by atoms with Gasteiger partial charge in [0.1, 0.15) is 36.3 Å². The van der Waals surface area contributed by atoms with Crippen LogP contribution in [0.3, 0.4) is 0 Å². The van der Waals surface area contributed by atoms with Gasteiger partial charge in [-0.05, 0) is 76.9 Å². The molecule has 0 spiro atoms. The molecular formula is C30H30N2O3. The molecule has 4 aromatic rings. The molecule has 0 aliphatic carbocycles. The first-order chi connectivity index (χ1) is 16.8. The molecular weight excluding hydrogens is 436 g/mol. The number of rotatable bonds is 9. The fourth-order valence-corrected chi connectivity index (χ4v) is 3.89. The SMILES string of the molecule is CC(C)(c1ccc(O)cc1)c1cccc(OCc2cccc(COc3ccc(C(=N)N)cc3)c2)c1. The van der Waals surface area contributed by atoms with Gasteiger partial charge in [-0.15, -0.1) is 0 Å². The van der Waals surface area contributed by atoms with Crippen molar-refractivity contribution < 1.29 is 14.6 Å². The molecule has 4 rings (SSSR count). The Morgan fingerprint density at radius 2 is 1.34 bits per heavy atom. The van der Waals surface area contributed by atoms with Crippen molar-refractivity contribution in [3.63, 3.8) is 0 Å². The van der Waals surface area contributed by atoms with Crippen LogP contribution >= 0.6 is 0 Å². The van der Waals surface area contributed by atoms with Crippen LogP contribution in [0.4, 0.5) is 0 Å². The van der Waals surface area contributed by atoms with Gasteiger partial charge < -0.3 is 20.3 Å². The Hall–Kier alpha value is -4.25. The van der Waals surface area contributed by atoms with E-state index in [1.165, 1.54) is 0 Å². The predicted octanol–water partition coefficient (Wildman–Crippen LogP) is 6.16. The molecule has 0 aliphatic rings. The summed E-state index contributed by atoms with van der Waals surface area (Å²) in [6, 6.07) is 30.8. The van der Waals surface area contributed by atoms with Gasteiger partial charge in [-0.3, -0.25) is 5.41 Å². The molecule has 4 N–H and O–H groups in total. The van der Waals surface area contributed by atoms with Gasteiger partial charge in [0, 0.05) is 11.0 Å². The maximum atomic E-state index is 9.62. The largest absolute Gasteiger partial charge is 0.508 e. The molecule has 0 bridgehead atoms. The Labute approximate surface area is 206 Å². The van der Waals surface area contributed by atoms with E-state index in [9.17, 15) is 5.11 Å². The first kappa shape index (κ1) is 23.9. The fraction of sp³-hybridized carbons (Fsp3) is 0.167. The summed E-state index contributed by atoms with van der Waals surface area (Å²) in [6.07, 6.45) is 0. The minimum absolute atomic E-state index is 0.0405. The van der Waals surface area contributed by atoms with Gasteiger partial charge in [0.15, 0.2) is 0 Å².